The number of hydrogen-bond donors (Lipinski definition) is 2. The number of aryl methyl sites for hydroxylation is 1. The van der Waals surface area contributed by atoms with E-state index in [0.717, 1.165) is 19.4 Å². The summed E-state index contributed by atoms with van der Waals surface area (Å²) in [6.07, 6.45) is 10.4. The molecule has 1 aromatic heterocycles. The fourth-order valence-electron chi connectivity index (χ4n) is 2.84. The number of hydrogen-bond acceptors (Lipinski definition) is 2. The summed E-state index contributed by atoms with van der Waals surface area (Å²) in [4.78, 5) is 12.3. The summed E-state index contributed by atoms with van der Waals surface area (Å²) in [5.74, 6) is 0.0177. The summed E-state index contributed by atoms with van der Waals surface area (Å²) in [5.41, 5.74) is 7.11. The minimum atomic E-state index is 0.0177. The smallest absolute Gasteiger partial charge is 0.268 e. The molecule has 1 amide bonds. The summed E-state index contributed by atoms with van der Waals surface area (Å²) in [5, 5.41) is 3.18. The molecule has 1 aromatic rings. The third kappa shape index (κ3) is 3.75. The van der Waals surface area contributed by atoms with Gasteiger partial charge in [0, 0.05) is 18.8 Å². The first-order valence-electron chi connectivity index (χ1n) is 7.47. The highest BCUT2D eigenvalue weighted by atomic mass is 16.2. The van der Waals surface area contributed by atoms with Gasteiger partial charge in [-0.1, -0.05) is 32.1 Å². The van der Waals surface area contributed by atoms with E-state index in [4.69, 9.17) is 5.73 Å². The Kier molecular flexibility index (Phi) is 4.88. The van der Waals surface area contributed by atoms with Crippen molar-refractivity contribution in [3.63, 3.8) is 0 Å². The average molecular weight is 263 g/mol. The van der Waals surface area contributed by atoms with E-state index in [-0.39, 0.29) is 5.91 Å². The lowest BCUT2D eigenvalue weighted by molar-refractivity contribution is 0.0921. The Labute approximate surface area is 115 Å². The van der Waals surface area contributed by atoms with Gasteiger partial charge < -0.3 is 15.6 Å². The molecule has 1 fully saturated rings. The SMILES string of the molecule is CCn1cc(N)cc1C(=O)NC1CCCCCCC1. The topological polar surface area (TPSA) is 60.0 Å². The first kappa shape index (κ1) is 14.0. The summed E-state index contributed by atoms with van der Waals surface area (Å²) in [7, 11) is 0. The van der Waals surface area contributed by atoms with Crippen molar-refractivity contribution in [1.82, 2.24) is 9.88 Å². The number of nitrogens with two attached hydrogens (primary N) is 1. The lowest BCUT2D eigenvalue weighted by Crippen LogP contribution is -2.36. The van der Waals surface area contributed by atoms with Crippen LogP contribution in [0.1, 0.15) is 62.4 Å². The molecule has 0 bridgehead atoms. The van der Waals surface area contributed by atoms with Crippen LogP contribution >= 0.6 is 0 Å². The number of amides is 1. The zero-order chi connectivity index (χ0) is 13.7. The molecular formula is C15H25N3O. The second-order valence-corrected chi connectivity index (χ2v) is 5.46. The number of carbonyl (C=O) groups is 1. The number of aromatic nitrogens is 1. The molecule has 0 unspecified atom stereocenters. The fourth-order valence-corrected chi connectivity index (χ4v) is 2.84. The van der Waals surface area contributed by atoms with Crippen molar-refractivity contribution in [3.05, 3.63) is 18.0 Å². The zero-order valence-corrected chi connectivity index (χ0v) is 11.8. The van der Waals surface area contributed by atoms with Gasteiger partial charge in [0.25, 0.3) is 5.91 Å². The van der Waals surface area contributed by atoms with Crippen molar-refractivity contribution >= 4 is 11.6 Å². The van der Waals surface area contributed by atoms with Gasteiger partial charge in [-0.25, -0.2) is 0 Å². The van der Waals surface area contributed by atoms with Crippen molar-refractivity contribution in [1.29, 1.82) is 0 Å². The van der Waals surface area contributed by atoms with Crippen LogP contribution in [0.2, 0.25) is 0 Å². The van der Waals surface area contributed by atoms with E-state index in [1.165, 1.54) is 32.1 Å². The number of nitrogens with one attached hydrogen (secondary N) is 1. The Balaban J connectivity index is 1.98. The van der Waals surface area contributed by atoms with Crippen LogP contribution in [0, 0.1) is 0 Å². The second-order valence-electron chi connectivity index (χ2n) is 5.46. The number of anilines is 1. The molecule has 1 aliphatic rings. The Hall–Kier alpha value is -1.45. The number of nitrogens with zero attached hydrogens (tertiary/aromatic N) is 1. The molecule has 19 heavy (non-hydrogen) atoms. The quantitative estimate of drug-likeness (QED) is 0.880. The van der Waals surface area contributed by atoms with Gasteiger partial charge in [-0.2, -0.15) is 0 Å². The normalized spacial score (nSPS) is 17.7. The van der Waals surface area contributed by atoms with Crippen molar-refractivity contribution in [2.75, 3.05) is 5.73 Å². The Morgan fingerprint density at radius 2 is 1.95 bits per heavy atom. The zero-order valence-electron chi connectivity index (χ0n) is 11.8. The van der Waals surface area contributed by atoms with Crippen LogP contribution in [0.3, 0.4) is 0 Å². The highest BCUT2D eigenvalue weighted by Gasteiger charge is 2.17. The maximum absolute atomic E-state index is 12.3. The van der Waals surface area contributed by atoms with Crippen molar-refractivity contribution < 1.29 is 4.79 Å². The highest BCUT2D eigenvalue weighted by Crippen LogP contribution is 2.18. The third-order valence-electron chi connectivity index (χ3n) is 3.93. The van der Waals surface area contributed by atoms with Crippen molar-refractivity contribution in [2.45, 2.75) is 64.5 Å². The lowest BCUT2D eigenvalue weighted by atomic mass is 9.96. The van der Waals surface area contributed by atoms with Crippen LogP contribution in [-0.2, 0) is 6.54 Å². The predicted molar refractivity (Wildman–Crippen MR) is 78.1 cm³/mol. The van der Waals surface area contributed by atoms with E-state index in [1.54, 1.807) is 6.07 Å². The minimum Gasteiger partial charge on any atom is -0.397 e. The Bertz CT molecular complexity index is 417. The van der Waals surface area contributed by atoms with E-state index in [2.05, 4.69) is 5.32 Å². The van der Waals surface area contributed by atoms with Crippen LogP contribution in [0.5, 0.6) is 0 Å². The van der Waals surface area contributed by atoms with Crippen LogP contribution in [-0.4, -0.2) is 16.5 Å². The second kappa shape index (κ2) is 6.64. The third-order valence-corrected chi connectivity index (χ3v) is 3.93. The predicted octanol–water partition coefficient (Wildman–Crippen LogP) is 2.93. The van der Waals surface area contributed by atoms with E-state index in [9.17, 15) is 4.79 Å². The van der Waals surface area contributed by atoms with E-state index in [0.29, 0.717) is 17.4 Å². The van der Waals surface area contributed by atoms with E-state index < -0.39 is 0 Å². The van der Waals surface area contributed by atoms with Gasteiger partial charge in [-0.15, -0.1) is 0 Å². The number of carbonyl (C=O) groups excluding carboxylic acids is 1. The molecule has 1 saturated carbocycles. The molecule has 0 aliphatic heterocycles. The van der Waals surface area contributed by atoms with Crippen LogP contribution in [0.4, 0.5) is 5.69 Å². The lowest BCUT2D eigenvalue weighted by Gasteiger charge is -2.21. The molecule has 4 heteroatoms. The van der Waals surface area contributed by atoms with Gasteiger partial charge >= 0.3 is 0 Å². The molecule has 1 aliphatic carbocycles. The highest BCUT2D eigenvalue weighted by molar-refractivity contribution is 5.94. The molecule has 1 heterocycles. The van der Waals surface area contributed by atoms with Crippen LogP contribution in [0.25, 0.3) is 0 Å². The van der Waals surface area contributed by atoms with Crippen molar-refractivity contribution in [3.8, 4) is 0 Å². The van der Waals surface area contributed by atoms with Crippen LogP contribution < -0.4 is 11.1 Å². The molecular weight excluding hydrogens is 238 g/mol. The molecule has 3 N–H and O–H groups in total. The maximum Gasteiger partial charge on any atom is 0.268 e. The minimum absolute atomic E-state index is 0.0177. The maximum atomic E-state index is 12.3. The summed E-state index contributed by atoms with van der Waals surface area (Å²) in [6, 6.07) is 2.09. The van der Waals surface area contributed by atoms with Gasteiger partial charge in [-0.3, -0.25) is 4.79 Å². The monoisotopic (exact) mass is 263 g/mol. The van der Waals surface area contributed by atoms with Crippen LogP contribution in [0.15, 0.2) is 12.3 Å². The summed E-state index contributed by atoms with van der Waals surface area (Å²) < 4.78 is 1.91. The van der Waals surface area contributed by atoms with E-state index in [1.807, 2.05) is 17.7 Å². The Morgan fingerprint density at radius 3 is 2.58 bits per heavy atom. The summed E-state index contributed by atoms with van der Waals surface area (Å²) >= 11 is 0. The largest absolute Gasteiger partial charge is 0.397 e. The standard InChI is InChI=1S/C15H25N3O/c1-2-18-11-12(16)10-14(18)15(19)17-13-8-6-4-3-5-7-9-13/h10-11,13H,2-9,16H2,1H3,(H,17,19). The molecule has 0 saturated heterocycles. The first-order valence-corrected chi connectivity index (χ1v) is 7.47. The molecule has 106 valence electrons. The molecule has 0 radical (unpaired) electrons. The fraction of sp³-hybridized carbons (Fsp3) is 0.667. The molecule has 0 atom stereocenters. The van der Waals surface area contributed by atoms with Gasteiger partial charge in [0.1, 0.15) is 5.69 Å². The number of rotatable bonds is 3. The van der Waals surface area contributed by atoms with Gasteiger partial charge in [0.2, 0.25) is 0 Å². The van der Waals surface area contributed by atoms with Gasteiger partial charge in [0.15, 0.2) is 0 Å². The molecule has 0 spiro atoms. The van der Waals surface area contributed by atoms with Gasteiger partial charge in [0.05, 0.1) is 5.69 Å². The first-order chi connectivity index (χ1) is 9.20. The summed E-state index contributed by atoms with van der Waals surface area (Å²) in [6.45, 7) is 2.79. The van der Waals surface area contributed by atoms with Gasteiger partial charge in [-0.05, 0) is 25.8 Å². The number of nitrogen functional groups attached to an aromatic ring is 1. The Morgan fingerprint density at radius 1 is 1.32 bits per heavy atom. The van der Waals surface area contributed by atoms with Crippen molar-refractivity contribution in [2.24, 2.45) is 0 Å². The average Bonchev–Trinajstić information content (AvgIpc) is 2.73. The molecule has 2 rings (SSSR count). The molecule has 0 aromatic carbocycles. The molecule has 4 nitrogen and oxygen atoms in total. The van der Waals surface area contributed by atoms with E-state index >= 15 is 0 Å².